The third-order valence-corrected chi connectivity index (χ3v) is 2.07. The molecule has 0 aliphatic heterocycles. The molecule has 0 aromatic rings. The van der Waals surface area contributed by atoms with Gasteiger partial charge in [0, 0.05) is 12.1 Å². The molecule has 1 aliphatic rings. The second-order valence-electron chi connectivity index (χ2n) is 3.30. The van der Waals surface area contributed by atoms with E-state index in [1.54, 1.807) is 0 Å². The molecule has 1 aliphatic carbocycles. The van der Waals surface area contributed by atoms with E-state index in [0.29, 0.717) is 6.42 Å². The quantitative estimate of drug-likeness (QED) is 0.528. The molecular weight excluding hydrogens is 156 g/mol. The predicted octanol–water partition coefficient (Wildman–Crippen LogP) is -0.637. The highest BCUT2D eigenvalue weighted by atomic mass is 16.3. The number of rotatable bonds is 4. The van der Waals surface area contributed by atoms with E-state index >= 15 is 0 Å². The number of aliphatic hydroxyl groups is 1. The second-order valence-corrected chi connectivity index (χ2v) is 3.30. The summed E-state index contributed by atoms with van der Waals surface area (Å²) in [7, 11) is 0. The zero-order chi connectivity index (χ0) is 9.14. The summed E-state index contributed by atoms with van der Waals surface area (Å²) < 4.78 is 0. The Balaban J connectivity index is 2.28. The maximum Gasteiger partial charge on any atom is 0.250 e. The van der Waals surface area contributed by atoms with Gasteiger partial charge in [-0.2, -0.15) is 0 Å². The van der Waals surface area contributed by atoms with Crippen molar-refractivity contribution in [2.75, 3.05) is 0 Å². The molecule has 0 aromatic carbocycles. The molecule has 1 saturated carbocycles. The van der Waals surface area contributed by atoms with E-state index in [9.17, 15) is 9.90 Å². The molecule has 0 spiro atoms. The number of carbonyl (C=O) groups is 1. The van der Waals surface area contributed by atoms with E-state index < -0.39 is 12.1 Å². The Kier molecular flexibility index (Phi) is 3.05. The highest BCUT2D eigenvalue weighted by Crippen LogP contribution is 2.18. The third-order valence-electron chi connectivity index (χ3n) is 2.07. The van der Waals surface area contributed by atoms with Gasteiger partial charge in [-0.3, -0.25) is 4.79 Å². The first-order valence-corrected chi connectivity index (χ1v) is 4.39. The molecule has 4 N–H and O–H groups in total. The van der Waals surface area contributed by atoms with Crippen LogP contribution in [0.25, 0.3) is 0 Å². The molecule has 2 atom stereocenters. The third kappa shape index (κ3) is 2.46. The van der Waals surface area contributed by atoms with Crippen molar-refractivity contribution in [3.05, 3.63) is 0 Å². The molecule has 1 fully saturated rings. The van der Waals surface area contributed by atoms with Crippen molar-refractivity contribution in [3.8, 4) is 0 Å². The molecule has 0 radical (unpaired) electrons. The van der Waals surface area contributed by atoms with Gasteiger partial charge in [-0.05, 0) is 19.3 Å². The Morgan fingerprint density at radius 1 is 1.75 bits per heavy atom. The fourth-order valence-corrected chi connectivity index (χ4v) is 0.932. The summed E-state index contributed by atoms with van der Waals surface area (Å²) in [6, 6.07) is -0.153. The first kappa shape index (κ1) is 9.48. The van der Waals surface area contributed by atoms with Crippen LogP contribution in [-0.2, 0) is 4.79 Å². The molecule has 1 amide bonds. The van der Waals surface area contributed by atoms with Gasteiger partial charge in [-0.15, -0.1) is 0 Å². The smallest absolute Gasteiger partial charge is 0.250 e. The number of nitrogens with two attached hydrogens (primary N) is 1. The summed E-state index contributed by atoms with van der Waals surface area (Å²) in [6.07, 6.45) is 1.62. The Morgan fingerprint density at radius 2 is 2.33 bits per heavy atom. The van der Waals surface area contributed by atoms with E-state index in [-0.39, 0.29) is 11.9 Å². The van der Waals surface area contributed by atoms with Crippen LogP contribution in [0.15, 0.2) is 0 Å². The van der Waals surface area contributed by atoms with Gasteiger partial charge in [0.25, 0.3) is 5.91 Å². The number of hydrogen-bond acceptors (Lipinski definition) is 3. The molecule has 0 saturated heterocycles. The zero-order valence-corrected chi connectivity index (χ0v) is 7.29. The van der Waals surface area contributed by atoms with E-state index in [1.165, 1.54) is 0 Å². The Hall–Kier alpha value is -0.610. The van der Waals surface area contributed by atoms with Crippen LogP contribution in [0.3, 0.4) is 0 Å². The molecule has 0 heterocycles. The molecule has 1 unspecified atom stereocenters. The maximum absolute atomic E-state index is 11.2. The lowest BCUT2D eigenvalue weighted by molar-refractivity contribution is -0.130. The van der Waals surface area contributed by atoms with Crippen molar-refractivity contribution >= 4 is 5.91 Å². The monoisotopic (exact) mass is 172 g/mol. The van der Waals surface area contributed by atoms with Crippen LogP contribution in [0.4, 0.5) is 0 Å². The van der Waals surface area contributed by atoms with Gasteiger partial charge in [-0.1, -0.05) is 6.92 Å². The van der Waals surface area contributed by atoms with Gasteiger partial charge >= 0.3 is 0 Å². The molecule has 0 aromatic heterocycles. The van der Waals surface area contributed by atoms with Crippen LogP contribution in [-0.4, -0.2) is 29.2 Å². The van der Waals surface area contributed by atoms with Crippen LogP contribution in [0.2, 0.25) is 0 Å². The van der Waals surface area contributed by atoms with Crippen molar-refractivity contribution in [1.82, 2.24) is 5.32 Å². The lowest BCUT2D eigenvalue weighted by Gasteiger charge is -2.16. The minimum Gasteiger partial charge on any atom is -0.382 e. The van der Waals surface area contributed by atoms with Crippen LogP contribution in [0.5, 0.6) is 0 Å². The molecule has 12 heavy (non-hydrogen) atoms. The Labute approximate surface area is 72.1 Å². The van der Waals surface area contributed by atoms with Crippen LogP contribution >= 0.6 is 0 Å². The highest BCUT2D eigenvalue weighted by Gasteiger charge is 2.28. The van der Waals surface area contributed by atoms with Crippen LogP contribution in [0.1, 0.15) is 26.2 Å². The molecular formula is C8H16N2O2. The van der Waals surface area contributed by atoms with Crippen molar-refractivity contribution in [2.45, 2.75) is 44.4 Å². The molecule has 1 rings (SSSR count). The lowest BCUT2D eigenvalue weighted by Crippen LogP contribution is -2.46. The van der Waals surface area contributed by atoms with Gasteiger partial charge in [0.1, 0.15) is 6.10 Å². The standard InChI is InChI=1S/C8H16N2O2/c1-2-6(9)7(11)8(12)10-5-3-4-5/h5-7,11H,2-4,9H2,1H3,(H,10,12)/t6-,7?/m0/s1. The maximum atomic E-state index is 11.2. The minimum atomic E-state index is -1.05. The van der Waals surface area contributed by atoms with E-state index in [0.717, 1.165) is 12.8 Å². The number of amides is 1. The first-order chi connectivity index (χ1) is 5.65. The van der Waals surface area contributed by atoms with Crippen molar-refractivity contribution in [2.24, 2.45) is 5.73 Å². The second kappa shape index (κ2) is 3.87. The fourth-order valence-electron chi connectivity index (χ4n) is 0.932. The van der Waals surface area contributed by atoms with Gasteiger partial charge in [0.05, 0.1) is 0 Å². The van der Waals surface area contributed by atoms with Crippen molar-refractivity contribution in [3.63, 3.8) is 0 Å². The summed E-state index contributed by atoms with van der Waals surface area (Å²) in [6.45, 7) is 1.85. The number of hydrogen-bond donors (Lipinski definition) is 3. The van der Waals surface area contributed by atoms with Crippen molar-refractivity contribution < 1.29 is 9.90 Å². The molecule has 4 nitrogen and oxygen atoms in total. The summed E-state index contributed by atoms with van der Waals surface area (Å²) in [5, 5.41) is 12.0. The molecule has 4 heteroatoms. The average Bonchev–Trinajstić information content (AvgIpc) is 2.85. The Morgan fingerprint density at radius 3 is 2.75 bits per heavy atom. The average molecular weight is 172 g/mol. The summed E-state index contributed by atoms with van der Waals surface area (Å²) in [5.74, 6) is -0.327. The summed E-state index contributed by atoms with van der Waals surface area (Å²) >= 11 is 0. The number of carbonyl (C=O) groups excluding carboxylic acids is 1. The Bertz CT molecular complexity index is 168. The van der Waals surface area contributed by atoms with Crippen molar-refractivity contribution in [1.29, 1.82) is 0 Å². The number of aliphatic hydroxyl groups excluding tert-OH is 1. The topological polar surface area (TPSA) is 75.3 Å². The largest absolute Gasteiger partial charge is 0.382 e. The van der Waals surface area contributed by atoms with Crippen LogP contribution in [0, 0.1) is 0 Å². The van der Waals surface area contributed by atoms with E-state index in [1.807, 2.05) is 6.92 Å². The number of nitrogens with one attached hydrogen (secondary N) is 1. The lowest BCUT2D eigenvalue weighted by atomic mass is 10.1. The van der Waals surface area contributed by atoms with Gasteiger partial charge < -0.3 is 16.2 Å². The van der Waals surface area contributed by atoms with Gasteiger partial charge in [-0.25, -0.2) is 0 Å². The fraction of sp³-hybridized carbons (Fsp3) is 0.875. The summed E-state index contributed by atoms with van der Waals surface area (Å²) in [4.78, 5) is 11.2. The van der Waals surface area contributed by atoms with E-state index in [4.69, 9.17) is 5.73 Å². The predicted molar refractivity (Wildman–Crippen MR) is 45.4 cm³/mol. The zero-order valence-electron chi connectivity index (χ0n) is 7.29. The van der Waals surface area contributed by atoms with Gasteiger partial charge in [0.15, 0.2) is 0 Å². The first-order valence-electron chi connectivity index (χ1n) is 4.39. The SMILES string of the molecule is CC[C@H](N)C(O)C(=O)NC1CC1. The van der Waals surface area contributed by atoms with Gasteiger partial charge in [0.2, 0.25) is 0 Å². The molecule has 0 bridgehead atoms. The van der Waals surface area contributed by atoms with Crippen LogP contribution < -0.4 is 11.1 Å². The minimum absolute atomic E-state index is 0.288. The normalized spacial score (nSPS) is 21.6. The highest BCUT2D eigenvalue weighted by molar-refractivity contribution is 5.81. The summed E-state index contributed by atoms with van der Waals surface area (Å²) in [5.41, 5.74) is 5.50. The van der Waals surface area contributed by atoms with E-state index in [2.05, 4.69) is 5.32 Å². The molecule has 70 valence electrons.